The standard InChI is InChI=1S/C12H18N2O3/c1-16-7-8-17-6-5-14-11-4-2-3-10(9-11)12(13)15/h2-4,9,14H,5-8H2,1H3,(H2,13,15). The van der Waals surface area contributed by atoms with E-state index in [0.29, 0.717) is 31.9 Å². The Labute approximate surface area is 101 Å². The lowest BCUT2D eigenvalue weighted by Gasteiger charge is -2.07. The third-order valence-corrected chi connectivity index (χ3v) is 2.15. The van der Waals surface area contributed by atoms with Gasteiger partial charge < -0.3 is 20.5 Å². The molecule has 0 unspecified atom stereocenters. The van der Waals surface area contributed by atoms with Gasteiger partial charge >= 0.3 is 0 Å². The number of hydrogen-bond acceptors (Lipinski definition) is 4. The average molecular weight is 238 g/mol. The third-order valence-electron chi connectivity index (χ3n) is 2.15. The van der Waals surface area contributed by atoms with Gasteiger partial charge in [0.05, 0.1) is 19.8 Å². The number of ether oxygens (including phenoxy) is 2. The van der Waals surface area contributed by atoms with Crippen molar-refractivity contribution in [2.24, 2.45) is 5.73 Å². The van der Waals surface area contributed by atoms with E-state index in [2.05, 4.69) is 5.32 Å². The van der Waals surface area contributed by atoms with Crippen molar-refractivity contribution in [3.05, 3.63) is 29.8 Å². The van der Waals surface area contributed by atoms with Crippen molar-refractivity contribution in [1.29, 1.82) is 0 Å². The number of benzene rings is 1. The van der Waals surface area contributed by atoms with Crippen LogP contribution in [0.3, 0.4) is 0 Å². The maximum Gasteiger partial charge on any atom is 0.248 e. The summed E-state index contributed by atoms with van der Waals surface area (Å²) in [4.78, 5) is 11.0. The molecule has 0 spiro atoms. The molecule has 5 heteroatoms. The summed E-state index contributed by atoms with van der Waals surface area (Å²) in [6, 6.07) is 7.07. The largest absolute Gasteiger partial charge is 0.383 e. The maximum atomic E-state index is 11.0. The van der Waals surface area contributed by atoms with E-state index in [4.69, 9.17) is 15.2 Å². The number of carbonyl (C=O) groups excluding carboxylic acids is 1. The van der Waals surface area contributed by atoms with Crippen molar-refractivity contribution in [2.75, 3.05) is 38.8 Å². The van der Waals surface area contributed by atoms with Gasteiger partial charge in [-0.15, -0.1) is 0 Å². The van der Waals surface area contributed by atoms with Gasteiger partial charge in [0.1, 0.15) is 0 Å². The van der Waals surface area contributed by atoms with Crippen molar-refractivity contribution in [2.45, 2.75) is 0 Å². The molecule has 0 aliphatic heterocycles. The number of hydrogen-bond donors (Lipinski definition) is 2. The molecule has 0 atom stereocenters. The molecule has 0 fully saturated rings. The lowest BCUT2D eigenvalue weighted by molar-refractivity contribution is 0.0759. The van der Waals surface area contributed by atoms with Crippen LogP contribution in [0, 0.1) is 0 Å². The Morgan fingerprint density at radius 3 is 2.88 bits per heavy atom. The zero-order valence-corrected chi connectivity index (χ0v) is 9.94. The quantitative estimate of drug-likeness (QED) is 0.659. The molecule has 0 saturated carbocycles. The Morgan fingerprint density at radius 1 is 1.35 bits per heavy atom. The Balaban J connectivity index is 2.27. The fourth-order valence-corrected chi connectivity index (χ4v) is 1.29. The highest BCUT2D eigenvalue weighted by molar-refractivity contribution is 5.93. The number of nitrogens with one attached hydrogen (secondary N) is 1. The number of primary amides is 1. The second-order valence-electron chi connectivity index (χ2n) is 3.48. The number of amides is 1. The highest BCUT2D eigenvalue weighted by atomic mass is 16.5. The zero-order chi connectivity index (χ0) is 12.5. The molecule has 0 radical (unpaired) electrons. The van der Waals surface area contributed by atoms with Crippen LogP contribution in [0.2, 0.25) is 0 Å². The van der Waals surface area contributed by atoms with E-state index in [9.17, 15) is 4.79 Å². The van der Waals surface area contributed by atoms with E-state index in [1.807, 2.05) is 6.07 Å². The minimum absolute atomic E-state index is 0.426. The molecule has 0 aliphatic carbocycles. The molecule has 0 bridgehead atoms. The first kappa shape index (κ1) is 13.5. The monoisotopic (exact) mass is 238 g/mol. The summed E-state index contributed by atoms with van der Waals surface area (Å²) in [5.41, 5.74) is 6.54. The summed E-state index contributed by atoms with van der Waals surface area (Å²) in [5.74, 6) is -0.426. The molecule has 5 nitrogen and oxygen atoms in total. The van der Waals surface area contributed by atoms with Crippen LogP contribution in [0.4, 0.5) is 5.69 Å². The SMILES string of the molecule is COCCOCCNc1cccc(C(N)=O)c1. The molecule has 1 rings (SSSR count). The van der Waals surface area contributed by atoms with Gasteiger partial charge in [0.2, 0.25) is 5.91 Å². The fraction of sp³-hybridized carbons (Fsp3) is 0.417. The van der Waals surface area contributed by atoms with Crippen LogP contribution < -0.4 is 11.1 Å². The van der Waals surface area contributed by atoms with Crippen LogP contribution in [0.5, 0.6) is 0 Å². The second kappa shape index (κ2) is 7.65. The molecule has 3 N–H and O–H groups in total. The summed E-state index contributed by atoms with van der Waals surface area (Å²) < 4.78 is 10.1. The minimum atomic E-state index is -0.426. The van der Waals surface area contributed by atoms with Crippen LogP contribution in [-0.4, -0.2) is 39.4 Å². The highest BCUT2D eigenvalue weighted by Crippen LogP contribution is 2.09. The Hall–Kier alpha value is -1.59. The first-order valence-corrected chi connectivity index (χ1v) is 5.44. The number of carbonyl (C=O) groups is 1. The smallest absolute Gasteiger partial charge is 0.248 e. The third kappa shape index (κ3) is 5.33. The van der Waals surface area contributed by atoms with Crippen LogP contribution >= 0.6 is 0 Å². The lowest BCUT2D eigenvalue weighted by atomic mass is 10.2. The summed E-state index contributed by atoms with van der Waals surface area (Å²) in [6.45, 7) is 2.44. The van der Waals surface area contributed by atoms with E-state index in [1.54, 1.807) is 25.3 Å². The number of methoxy groups -OCH3 is 1. The van der Waals surface area contributed by atoms with Gasteiger partial charge in [-0.3, -0.25) is 4.79 Å². The molecule has 17 heavy (non-hydrogen) atoms. The number of rotatable bonds is 8. The molecule has 0 heterocycles. The number of nitrogens with two attached hydrogens (primary N) is 1. The average Bonchev–Trinajstić information content (AvgIpc) is 2.34. The first-order valence-electron chi connectivity index (χ1n) is 5.44. The van der Waals surface area contributed by atoms with Crippen molar-refractivity contribution in [1.82, 2.24) is 0 Å². The molecular weight excluding hydrogens is 220 g/mol. The topological polar surface area (TPSA) is 73.6 Å². The van der Waals surface area contributed by atoms with Crippen LogP contribution in [0.15, 0.2) is 24.3 Å². The lowest BCUT2D eigenvalue weighted by Crippen LogP contribution is -2.13. The van der Waals surface area contributed by atoms with E-state index < -0.39 is 5.91 Å². The molecule has 94 valence electrons. The van der Waals surface area contributed by atoms with Gasteiger partial charge in [-0.1, -0.05) is 6.07 Å². The fourth-order valence-electron chi connectivity index (χ4n) is 1.29. The number of anilines is 1. The van der Waals surface area contributed by atoms with E-state index in [1.165, 1.54) is 0 Å². The van der Waals surface area contributed by atoms with Gasteiger partial charge in [0.15, 0.2) is 0 Å². The Kier molecular flexibility index (Phi) is 6.06. The molecule has 0 saturated heterocycles. The van der Waals surface area contributed by atoms with Gasteiger partial charge in [-0.25, -0.2) is 0 Å². The van der Waals surface area contributed by atoms with Crippen molar-refractivity contribution in [3.8, 4) is 0 Å². The molecule has 1 aromatic rings. The van der Waals surface area contributed by atoms with E-state index >= 15 is 0 Å². The molecular formula is C12H18N2O3. The van der Waals surface area contributed by atoms with Gasteiger partial charge in [0, 0.05) is 24.9 Å². The predicted molar refractivity (Wildman–Crippen MR) is 66.1 cm³/mol. The molecule has 1 amide bonds. The second-order valence-corrected chi connectivity index (χ2v) is 3.48. The van der Waals surface area contributed by atoms with Gasteiger partial charge in [-0.05, 0) is 18.2 Å². The Bertz CT molecular complexity index is 355. The first-order chi connectivity index (χ1) is 8.24. The maximum absolute atomic E-state index is 11.0. The highest BCUT2D eigenvalue weighted by Gasteiger charge is 2.00. The summed E-state index contributed by atoms with van der Waals surface area (Å²) >= 11 is 0. The Morgan fingerprint density at radius 2 is 2.18 bits per heavy atom. The normalized spacial score (nSPS) is 10.2. The molecule has 0 aliphatic rings. The van der Waals surface area contributed by atoms with E-state index in [0.717, 1.165) is 5.69 Å². The molecule has 0 aromatic heterocycles. The van der Waals surface area contributed by atoms with Crippen LogP contribution in [0.25, 0.3) is 0 Å². The van der Waals surface area contributed by atoms with Crippen LogP contribution in [-0.2, 0) is 9.47 Å². The van der Waals surface area contributed by atoms with Gasteiger partial charge in [-0.2, -0.15) is 0 Å². The van der Waals surface area contributed by atoms with Crippen LogP contribution in [0.1, 0.15) is 10.4 Å². The molecule has 1 aromatic carbocycles. The summed E-state index contributed by atoms with van der Waals surface area (Å²) in [6.07, 6.45) is 0. The summed E-state index contributed by atoms with van der Waals surface area (Å²) in [7, 11) is 1.64. The van der Waals surface area contributed by atoms with E-state index in [-0.39, 0.29) is 0 Å². The van der Waals surface area contributed by atoms with Crippen molar-refractivity contribution in [3.63, 3.8) is 0 Å². The minimum Gasteiger partial charge on any atom is -0.383 e. The zero-order valence-electron chi connectivity index (χ0n) is 9.94. The van der Waals surface area contributed by atoms with Crippen molar-refractivity contribution < 1.29 is 14.3 Å². The van der Waals surface area contributed by atoms with Crippen molar-refractivity contribution >= 4 is 11.6 Å². The predicted octanol–water partition coefficient (Wildman–Crippen LogP) is 0.860. The summed E-state index contributed by atoms with van der Waals surface area (Å²) in [5, 5.41) is 3.14. The van der Waals surface area contributed by atoms with Gasteiger partial charge in [0.25, 0.3) is 0 Å².